The van der Waals surface area contributed by atoms with Gasteiger partial charge in [0.2, 0.25) is 0 Å². The van der Waals surface area contributed by atoms with Gasteiger partial charge < -0.3 is 4.74 Å². The molecule has 2 aromatic rings. The van der Waals surface area contributed by atoms with Gasteiger partial charge in [-0.3, -0.25) is 0 Å². The smallest absolute Gasteiger partial charge is 0.198 e. The molecule has 17 heavy (non-hydrogen) atoms. The molecular formula is C15H14NO+. The number of hydrogen-bond acceptors (Lipinski definition) is 1. The second-order valence-electron chi connectivity index (χ2n) is 4.13. The predicted molar refractivity (Wildman–Crippen MR) is 66.8 cm³/mol. The first-order valence-electron chi connectivity index (χ1n) is 5.71. The molecule has 84 valence electrons. The highest BCUT2D eigenvalue weighted by atomic mass is 16.5. The second-order valence-corrected chi connectivity index (χ2v) is 4.13. The van der Waals surface area contributed by atoms with E-state index in [4.69, 9.17) is 4.74 Å². The lowest BCUT2D eigenvalue weighted by Gasteiger charge is -2.07. The Kier molecular flexibility index (Phi) is 2.41. The molecule has 0 spiro atoms. The van der Waals surface area contributed by atoms with Crippen LogP contribution in [0.5, 0.6) is 5.75 Å². The second kappa shape index (κ2) is 4.06. The van der Waals surface area contributed by atoms with Gasteiger partial charge in [-0.25, -0.2) is 0 Å². The lowest BCUT2D eigenvalue weighted by atomic mass is 9.96. The molecular weight excluding hydrogens is 210 g/mol. The molecule has 0 bridgehead atoms. The summed E-state index contributed by atoms with van der Waals surface area (Å²) in [4.78, 5) is 0. The third-order valence-electron chi connectivity index (χ3n) is 3.16. The Morgan fingerprint density at radius 3 is 2.65 bits per heavy atom. The third kappa shape index (κ3) is 1.72. The van der Waals surface area contributed by atoms with E-state index in [1.54, 1.807) is 7.11 Å². The number of aromatic nitrogens is 1. The van der Waals surface area contributed by atoms with Crippen molar-refractivity contribution in [3.05, 3.63) is 66.0 Å². The summed E-state index contributed by atoms with van der Waals surface area (Å²) in [5, 5.41) is 0. The van der Waals surface area contributed by atoms with Crippen LogP contribution in [-0.4, -0.2) is 7.11 Å². The maximum absolute atomic E-state index is 5.18. The standard InChI is InChI=1S/C15H14NO/c1-17-13-7-5-12(6-8-13)14-9-11-16-10-3-2-4-15(14)16/h2-11,14H,1H3/q+1. The summed E-state index contributed by atoms with van der Waals surface area (Å²) in [5.41, 5.74) is 2.59. The van der Waals surface area contributed by atoms with Gasteiger partial charge in [0.25, 0.3) is 0 Å². The molecule has 2 nitrogen and oxygen atoms in total. The minimum absolute atomic E-state index is 0.349. The van der Waals surface area contributed by atoms with Gasteiger partial charge in [-0.2, -0.15) is 4.57 Å². The number of pyridine rings is 1. The van der Waals surface area contributed by atoms with Crippen molar-refractivity contribution >= 4 is 6.20 Å². The summed E-state index contributed by atoms with van der Waals surface area (Å²) in [6, 6.07) is 14.5. The van der Waals surface area contributed by atoms with E-state index in [-0.39, 0.29) is 0 Å². The zero-order valence-corrected chi connectivity index (χ0v) is 9.71. The molecule has 2 heterocycles. The van der Waals surface area contributed by atoms with Crippen LogP contribution in [-0.2, 0) is 0 Å². The van der Waals surface area contributed by atoms with Crippen molar-refractivity contribution in [1.82, 2.24) is 0 Å². The molecule has 0 saturated carbocycles. The fraction of sp³-hybridized carbons (Fsp3) is 0.133. The summed E-state index contributed by atoms with van der Waals surface area (Å²) in [7, 11) is 1.69. The summed E-state index contributed by atoms with van der Waals surface area (Å²) in [5.74, 6) is 1.25. The Balaban J connectivity index is 1.98. The van der Waals surface area contributed by atoms with Crippen LogP contribution < -0.4 is 9.30 Å². The van der Waals surface area contributed by atoms with Crippen LogP contribution in [0.15, 0.2) is 54.7 Å². The first kappa shape index (κ1) is 10.1. The third-order valence-corrected chi connectivity index (χ3v) is 3.16. The van der Waals surface area contributed by atoms with Crippen LogP contribution in [0.3, 0.4) is 0 Å². The Labute approximate surface area is 101 Å². The highest BCUT2D eigenvalue weighted by Crippen LogP contribution is 2.28. The molecule has 0 fully saturated rings. The highest BCUT2D eigenvalue weighted by molar-refractivity contribution is 5.40. The maximum atomic E-state index is 5.18. The van der Waals surface area contributed by atoms with E-state index in [9.17, 15) is 0 Å². The normalized spacial score (nSPS) is 16.9. The maximum Gasteiger partial charge on any atom is 0.198 e. The average molecular weight is 224 g/mol. The summed E-state index contributed by atoms with van der Waals surface area (Å²) < 4.78 is 7.34. The fourth-order valence-corrected chi connectivity index (χ4v) is 2.24. The minimum Gasteiger partial charge on any atom is -0.497 e. The summed E-state index contributed by atoms with van der Waals surface area (Å²) in [6.45, 7) is 0. The van der Waals surface area contributed by atoms with Crippen molar-refractivity contribution in [3.63, 3.8) is 0 Å². The van der Waals surface area contributed by atoms with E-state index >= 15 is 0 Å². The fourth-order valence-electron chi connectivity index (χ4n) is 2.24. The molecule has 0 aliphatic carbocycles. The number of nitrogens with zero attached hydrogens (tertiary/aromatic N) is 1. The van der Waals surface area contributed by atoms with Gasteiger partial charge in [0, 0.05) is 12.1 Å². The van der Waals surface area contributed by atoms with Gasteiger partial charge in [0.05, 0.1) is 13.0 Å². The van der Waals surface area contributed by atoms with Crippen molar-refractivity contribution < 1.29 is 9.30 Å². The largest absolute Gasteiger partial charge is 0.497 e. The molecule has 1 aromatic carbocycles. The number of hydrogen-bond donors (Lipinski definition) is 0. The number of benzene rings is 1. The average Bonchev–Trinajstić information content (AvgIpc) is 2.83. The van der Waals surface area contributed by atoms with Crippen LogP contribution in [0.4, 0.5) is 0 Å². The molecule has 1 unspecified atom stereocenters. The van der Waals surface area contributed by atoms with E-state index in [0.717, 1.165) is 5.75 Å². The number of allylic oxidation sites excluding steroid dienone is 1. The van der Waals surface area contributed by atoms with Crippen LogP contribution in [0, 0.1) is 0 Å². The van der Waals surface area contributed by atoms with Crippen molar-refractivity contribution in [2.24, 2.45) is 0 Å². The first-order chi connectivity index (χ1) is 8.38. The minimum atomic E-state index is 0.349. The van der Waals surface area contributed by atoms with Gasteiger partial charge in [-0.15, -0.1) is 0 Å². The van der Waals surface area contributed by atoms with Crippen molar-refractivity contribution in [1.29, 1.82) is 0 Å². The lowest BCUT2D eigenvalue weighted by molar-refractivity contribution is -0.572. The number of methoxy groups -OCH3 is 1. The first-order valence-corrected chi connectivity index (χ1v) is 5.71. The Morgan fingerprint density at radius 1 is 1.06 bits per heavy atom. The molecule has 0 radical (unpaired) electrons. The van der Waals surface area contributed by atoms with E-state index in [1.807, 2.05) is 18.2 Å². The summed E-state index contributed by atoms with van der Waals surface area (Å²) >= 11 is 0. The van der Waals surface area contributed by atoms with E-state index in [2.05, 4.69) is 47.3 Å². The zero-order valence-electron chi connectivity index (χ0n) is 9.71. The molecule has 1 atom stereocenters. The Hall–Kier alpha value is -2.09. The van der Waals surface area contributed by atoms with Crippen LogP contribution in [0.2, 0.25) is 0 Å². The molecule has 1 aliphatic rings. The van der Waals surface area contributed by atoms with E-state index in [1.165, 1.54) is 11.3 Å². The lowest BCUT2D eigenvalue weighted by Crippen LogP contribution is -2.27. The monoisotopic (exact) mass is 224 g/mol. The van der Waals surface area contributed by atoms with Gasteiger partial charge in [-0.05, 0) is 23.8 Å². The van der Waals surface area contributed by atoms with Gasteiger partial charge in [0.15, 0.2) is 18.1 Å². The molecule has 1 aromatic heterocycles. The molecule has 0 saturated heterocycles. The molecule has 0 N–H and O–H groups in total. The number of ether oxygens (including phenoxy) is 1. The molecule has 2 heteroatoms. The zero-order chi connectivity index (χ0) is 11.7. The summed E-state index contributed by atoms with van der Waals surface area (Å²) in [6.07, 6.45) is 6.41. The van der Waals surface area contributed by atoms with Crippen molar-refractivity contribution in [2.45, 2.75) is 5.92 Å². The van der Waals surface area contributed by atoms with E-state index < -0.39 is 0 Å². The quantitative estimate of drug-likeness (QED) is 0.715. The predicted octanol–water partition coefficient (Wildman–Crippen LogP) is 2.60. The van der Waals surface area contributed by atoms with Crippen LogP contribution in [0.25, 0.3) is 6.20 Å². The SMILES string of the molecule is COc1ccc(C2C=C[n+]3ccccc32)cc1. The number of rotatable bonds is 2. The van der Waals surface area contributed by atoms with Crippen molar-refractivity contribution in [2.75, 3.05) is 7.11 Å². The Morgan fingerprint density at radius 2 is 1.88 bits per heavy atom. The van der Waals surface area contributed by atoms with Crippen molar-refractivity contribution in [3.8, 4) is 5.75 Å². The van der Waals surface area contributed by atoms with Gasteiger partial charge >= 0.3 is 0 Å². The topological polar surface area (TPSA) is 13.1 Å². The molecule has 3 rings (SSSR count). The van der Waals surface area contributed by atoms with Crippen LogP contribution >= 0.6 is 0 Å². The molecule has 1 aliphatic heterocycles. The number of fused-ring (bicyclic) bond motifs is 1. The van der Waals surface area contributed by atoms with E-state index in [0.29, 0.717) is 5.92 Å². The highest BCUT2D eigenvalue weighted by Gasteiger charge is 2.25. The van der Waals surface area contributed by atoms with Gasteiger partial charge in [-0.1, -0.05) is 18.2 Å². The Bertz CT molecular complexity index is 557. The van der Waals surface area contributed by atoms with Crippen LogP contribution in [0.1, 0.15) is 17.2 Å². The molecule has 0 amide bonds. The van der Waals surface area contributed by atoms with Gasteiger partial charge in [0.1, 0.15) is 5.75 Å².